The van der Waals surface area contributed by atoms with Crippen LogP contribution in [0.2, 0.25) is 5.02 Å². The number of halogens is 2. The summed E-state index contributed by atoms with van der Waals surface area (Å²) in [7, 11) is 0. The third-order valence-corrected chi connectivity index (χ3v) is 4.51. The van der Waals surface area contributed by atoms with Crippen LogP contribution in [-0.2, 0) is 6.54 Å². The van der Waals surface area contributed by atoms with Gasteiger partial charge in [0.05, 0.1) is 26.8 Å². The smallest absolute Gasteiger partial charge is 0.270 e. The van der Waals surface area contributed by atoms with E-state index < -0.39 is 16.7 Å². The minimum atomic E-state index is -0.617. The molecule has 0 fully saturated rings. The Labute approximate surface area is 175 Å². The van der Waals surface area contributed by atoms with Gasteiger partial charge in [-0.1, -0.05) is 35.9 Å². The maximum absolute atomic E-state index is 13.0. The molecule has 0 aliphatic heterocycles. The molecule has 2 amide bonds. The molecule has 0 aromatic heterocycles. The standard InChI is InChI=1S/C21H15ClFN3O4/c22-18-11-15(26(29)30)9-10-16(18)21(28)25-19-4-2-1-3-17(19)20(27)24-12-13-5-7-14(23)8-6-13/h1-11H,12H2,(H,24,27)(H,25,28). The molecule has 152 valence electrons. The van der Waals surface area contributed by atoms with Gasteiger partial charge in [0.15, 0.2) is 0 Å². The first-order chi connectivity index (χ1) is 14.3. The number of hydrogen-bond acceptors (Lipinski definition) is 4. The number of nitro benzene ring substituents is 1. The Balaban J connectivity index is 1.74. The molecule has 0 radical (unpaired) electrons. The quantitative estimate of drug-likeness (QED) is 0.444. The first-order valence-corrected chi connectivity index (χ1v) is 9.10. The van der Waals surface area contributed by atoms with Crippen molar-refractivity contribution >= 4 is 34.8 Å². The number of benzene rings is 3. The number of amides is 2. The highest BCUT2D eigenvalue weighted by molar-refractivity contribution is 6.34. The number of para-hydroxylation sites is 1. The van der Waals surface area contributed by atoms with Crippen LogP contribution in [0, 0.1) is 15.9 Å². The zero-order valence-corrected chi connectivity index (χ0v) is 16.2. The van der Waals surface area contributed by atoms with E-state index in [-0.39, 0.29) is 39.9 Å². The Morgan fingerprint density at radius 1 is 0.967 bits per heavy atom. The fraction of sp³-hybridized carbons (Fsp3) is 0.0476. The topological polar surface area (TPSA) is 101 Å². The second-order valence-corrected chi connectivity index (χ2v) is 6.64. The average molecular weight is 428 g/mol. The molecule has 3 rings (SSSR count). The summed E-state index contributed by atoms with van der Waals surface area (Å²) >= 11 is 5.99. The lowest BCUT2D eigenvalue weighted by atomic mass is 10.1. The molecule has 9 heteroatoms. The third kappa shape index (κ3) is 4.98. The average Bonchev–Trinajstić information content (AvgIpc) is 2.73. The van der Waals surface area contributed by atoms with Crippen molar-refractivity contribution in [2.24, 2.45) is 0 Å². The van der Waals surface area contributed by atoms with Gasteiger partial charge in [0.25, 0.3) is 17.5 Å². The monoisotopic (exact) mass is 427 g/mol. The maximum atomic E-state index is 13.0. The molecule has 0 saturated carbocycles. The van der Waals surface area contributed by atoms with Crippen molar-refractivity contribution in [1.82, 2.24) is 5.32 Å². The van der Waals surface area contributed by atoms with E-state index in [0.717, 1.165) is 6.07 Å². The Morgan fingerprint density at radius 2 is 1.67 bits per heavy atom. The lowest BCUT2D eigenvalue weighted by molar-refractivity contribution is -0.384. The number of nitro groups is 1. The van der Waals surface area contributed by atoms with Gasteiger partial charge in [-0.2, -0.15) is 0 Å². The van der Waals surface area contributed by atoms with E-state index in [2.05, 4.69) is 10.6 Å². The maximum Gasteiger partial charge on any atom is 0.270 e. The van der Waals surface area contributed by atoms with E-state index in [4.69, 9.17) is 11.6 Å². The van der Waals surface area contributed by atoms with Gasteiger partial charge in [-0.25, -0.2) is 4.39 Å². The first-order valence-electron chi connectivity index (χ1n) is 8.72. The summed E-state index contributed by atoms with van der Waals surface area (Å²) in [6.45, 7) is 0.176. The number of anilines is 1. The molecule has 0 unspecified atom stereocenters. The van der Waals surface area contributed by atoms with Crippen LogP contribution in [0.4, 0.5) is 15.8 Å². The van der Waals surface area contributed by atoms with Crippen molar-refractivity contribution in [3.63, 3.8) is 0 Å². The molecule has 0 atom stereocenters. The van der Waals surface area contributed by atoms with Crippen LogP contribution in [-0.4, -0.2) is 16.7 Å². The van der Waals surface area contributed by atoms with Gasteiger partial charge in [0, 0.05) is 18.7 Å². The zero-order chi connectivity index (χ0) is 21.7. The van der Waals surface area contributed by atoms with Crippen LogP contribution in [0.5, 0.6) is 0 Å². The summed E-state index contributed by atoms with van der Waals surface area (Å²) in [6, 6.07) is 15.6. The molecule has 3 aromatic carbocycles. The molecule has 2 N–H and O–H groups in total. The summed E-state index contributed by atoms with van der Waals surface area (Å²) in [5, 5.41) is 16.0. The van der Waals surface area contributed by atoms with Gasteiger partial charge in [-0.15, -0.1) is 0 Å². The van der Waals surface area contributed by atoms with Crippen LogP contribution >= 0.6 is 11.6 Å². The zero-order valence-electron chi connectivity index (χ0n) is 15.4. The van der Waals surface area contributed by atoms with Gasteiger partial charge >= 0.3 is 0 Å². The Morgan fingerprint density at radius 3 is 2.33 bits per heavy atom. The Hall–Kier alpha value is -3.78. The normalized spacial score (nSPS) is 10.3. The number of non-ortho nitro benzene ring substituents is 1. The lowest BCUT2D eigenvalue weighted by Gasteiger charge is -2.12. The number of hydrogen-bond donors (Lipinski definition) is 2. The third-order valence-electron chi connectivity index (χ3n) is 4.19. The molecule has 7 nitrogen and oxygen atoms in total. The van der Waals surface area contributed by atoms with Crippen LogP contribution < -0.4 is 10.6 Å². The van der Waals surface area contributed by atoms with Crippen molar-refractivity contribution < 1.29 is 18.9 Å². The van der Waals surface area contributed by atoms with Gasteiger partial charge in [-0.05, 0) is 35.9 Å². The molecule has 30 heavy (non-hydrogen) atoms. The van der Waals surface area contributed by atoms with Crippen molar-refractivity contribution in [2.75, 3.05) is 5.32 Å². The number of carbonyl (C=O) groups excluding carboxylic acids is 2. The lowest BCUT2D eigenvalue weighted by Crippen LogP contribution is -2.25. The summed E-state index contributed by atoms with van der Waals surface area (Å²) in [4.78, 5) is 35.3. The second kappa shape index (κ2) is 9.15. The largest absolute Gasteiger partial charge is 0.348 e. The summed E-state index contributed by atoms with van der Waals surface area (Å²) in [5.41, 5.74) is 0.962. The van der Waals surface area contributed by atoms with Crippen molar-refractivity contribution in [2.45, 2.75) is 6.54 Å². The highest BCUT2D eigenvalue weighted by atomic mass is 35.5. The van der Waals surface area contributed by atoms with Crippen LogP contribution in [0.15, 0.2) is 66.7 Å². The SMILES string of the molecule is O=C(Nc1ccccc1C(=O)NCc1ccc(F)cc1)c1ccc([N+](=O)[O-])cc1Cl. The highest BCUT2D eigenvalue weighted by Crippen LogP contribution is 2.24. The van der Waals surface area contributed by atoms with Gasteiger partial charge in [0.2, 0.25) is 0 Å². The van der Waals surface area contributed by atoms with Gasteiger partial charge < -0.3 is 10.6 Å². The molecule has 0 heterocycles. The molecule has 3 aromatic rings. The number of rotatable bonds is 6. The highest BCUT2D eigenvalue weighted by Gasteiger charge is 2.18. The summed E-state index contributed by atoms with van der Waals surface area (Å²) in [6.07, 6.45) is 0. The van der Waals surface area contributed by atoms with E-state index in [1.165, 1.54) is 30.3 Å². The molecular weight excluding hydrogens is 413 g/mol. The van der Waals surface area contributed by atoms with Crippen molar-refractivity contribution in [1.29, 1.82) is 0 Å². The molecular formula is C21H15ClFN3O4. The summed E-state index contributed by atoms with van der Waals surface area (Å²) in [5.74, 6) is -1.43. The minimum absolute atomic E-state index is 0.0313. The van der Waals surface area contributed by atoms with Gasteiger partial charge in [0.1, 0.15) is 5.82 Å². The van der Waals surface area contributed by atoms with Crippen molar-refractivity contribution in [3.8, 4) is 0 Å². The fourth-order valence-corrected chi connectivity index (χ4v) is 2.92. The van der Waals surface area contributed by atoms with E-state index in [0.29, 0.717) is 5.56 Å². The second-order valence-electron chi connectivity index (χ2n) is 6.23. The Bertz CT molecular complexity index is 1120. The van der Waals surface area contributed by atoms with E-state index in [1.54, 1.807) is 30.3 Å². The molecule has 0 bridgehead atoms. The van der Waals surface area contributed by atoms with Crippen LogP contribution in [0.25, 0.3) is 0 Å². The van der Waals surface area contributed by atoms with Crippen LogP contribution in [0.1, 0.15) is 26.3 Å². The predicted molar refractivity (Wildman–Crippen MR) is 110 cm³/mol. The number of nitrogens with zero attached hydrogens (tertiary/aromatic N) is 1. The predicted octanol–water partition coefficient (Wildman–Crippen LogP) is 4.57. The fourth-order valence-electron chi connectivity index (χ4n) is 2.66. The number of nitrogens with one attached hydrogen (secondary N) is 2. The minimum Gasteiger partial charge on any atom is -0.348 e. The molecule has 0 aliphatic rings. The Kier molecular flexibility index (Phi) is 6.38. The number of carbonyl (C=O) groups is 2. The van der Waals surface area contributed by atoms with Crippen LogP contribution in [0.3, 0.4) is 0 Å². The first kappa shape index (κ1) is 20.9. The molecule has 0 aliphatic carbocycles. The summed E-state index contributed by atoms with van der Waals surface area (Å²) < 4.78 is 13.0. The van der Waals surface area contributed by atoms with E-state index in [1.807, 2.05) is 0 Å². The van der Waals surface area contributed by atoms with Crippen molar-refractivity contribution in [3.05, 3.63) is 104 Å². The molecule has 0 spiro atoms. The van der Waals surface area contributed by atoms with E-state index >= 15 is 0 Å². The van der Waals surface area contributed by atoms with Gasteiger partial charge in [-0.3, -0.25) is 19.7 Å². The molecule has 0 saturated heterocycles. The van der Waals surface area contributed by atoms with E-state index in [9.17, 15) is 24.1 Å².